The molecule has 0 bridgehead atoms. The van der Waals surface area contributed by atoms with E-state index in [1.54, 1.807) is 6.20 Å². The van der Waals surface area contributed by atoms with E-state index in [9.17, 15) is 0 Å². The minimum Gasteiger partial charge on any atom is -0.256 e. The van der Waals surface area contributed by atoms with Crippen LogP contribution in [-0.2, 0) is 0 Å². The number of aromatic nitrogens is 1. The molecule has 0 N–H and O–H groups in total. The van der Waals surface area contributed by atoms with E-state index in [2.05, 4.69) is 17.1 Å². The summed E-state index contributed by atoms with van der Waals surface area (Å²) in [6.45, 7) is 0. The van der Waals surface area contributed by atoms with Crippen LogP contribution in [0.25, 0.3) is 21.7 Å². The van der Waals surface area contributed by atoms with E-state index >= 15 is 0 Å². The predicted molar refractivity (Wildman–Crippen MR) is 64.0 cm³/mol. The lowest BCUT2D eigenvalue weighted by Crippen LogP contribution is -1.82. The molecule has 0 amide bonds. The van der Waals surface area contributed by atoms with Gasteiger partial charge in [-0.25, -0.2) is 0 Å². The zero-order chi connectivity index (χ0) is 11.0. The van der Waals surface area contributed by atoms with E-state index in [1.165, 1.54) is 0 Å². The Balaban J connectivity index is 2.52. The molecule has 3 aromatic rings. The van der Waals surface area contributed by atoms with Gasteiger partial charge < -0.3 is 0 Å². The molecule has 2 heteroatoms. The SMILES string of the molecule is N#Cc1cccc2cc3cccnc3cc12. The van der Waals surface area contributed by atoms with Gasteiger partial charge in [0.15, 0.2) is 0 Å². The number of benzene rings is 2. The smallest absolute Gasteiger partial charge is 0.0998 e. The third-order valence-electron chi connectivity index (χ3n) is 2.72. The summed E-state index contributed by atoms with van der Waals surface area (Å²) in [4.78, 5) is 4.30. The van der Waals surface area contributed by atoms with Crippen molar-refractivity contribution in [3.63, 3.8) is 0 Å². The van der Waals surface area contributed by atoms with Crippen LogP contribution in [-0.4, -0.2) is 4.98 Å². The molecular formula is C14H8N2. The lowest BCUT2D eigenvalue weighted by molar-refractivity contribution is 1.42. The molecule has 2 nitrogen and oxygen atoms in total. The molecule has 0 spiro atoms. The Labute approximate surface area is 92.8 Å². The summed E-state index contributed by atoms with van der Waals surface area (Å²) in [6, 6.07) is 16.0. The van der Waals surface area contributed by atoms with E-state index in [4.69, 9.17) is 5.26 Å². The standard InChI is InChI=1S/C14H8N2/c15-9-12-4-1-3-10-7-11-5-2-6-16-14(11)8-13(10)12/h1-8H. The molecule has 0 fully saturated rings. The highest BCUT2D eigenvalue weighted by atomic mass is 14.6. The fraction of sp³-hybridized carbons (Fsp3) is 0. The first-order valence-electron chi connectivity index (χ1n) is 5.06. The molecule has 16 heavy (non-hydrogen) atoms. The second kappa shape index (κ2) is 3.32. The van der Waals surface area contributed by atoms with E-state index in [1.807, 2.05) is 36.4 Å². The van der Waals surface area contributed by atoms with Crippen LogP contribution in [0, 0.1) is 11.3 Å². The molecule has 0 saturated heterocycles. The number of nitriles is 1. The van der Waals surface area contributed by atoms with Crippen LogP contribution in [0.15, 0.2) is 48.7 Å². The van der Waals surface area contributed by atoms with Gasteiger partial charge in [0.05, 0.1) is 17.1 Å². The van der Waals surface area contributed by atoms with Crippen LogP contribution < -0.4 is 0 Å². The number of fused-ring (bicyclic) bond motifs is 2. The van der Waals surface area contributed by atoms with E-state index in [-0.39, 0.29) is 0 Å². The molecule has 0 atom stereocenters. The second-order valence-corrected chi connectivity index (χ2v) is 3.69. The van der Waals surface area contributed by atoms with E-state index < -0.39 is 0 Å². The molecule has 0 unspecified atom stereocenters. The third kappa shape index (κ3) is 1.23. The van der Waals surface area contributed by atoms with Crippen LogP contribution in [0.1, 0.15) is 5.56 Å². The Kier molecular flexibility index (Phi) is 1.84. The van der Waals surface area contributed by atoms with Crippen molar-refractivity contribution < 1.29 is 0 Å². The molecule has 3 rings (SSSR count). The lowest BCUT2D eigenvalue weighted by Gasteiger charge is -2.02. The fourth-order valence-corrected chi connectivity index (χ4v) is 1.94. The maximum atomic E-state index is 9.04. The Morgan fingerprint density at radius 3 is 2.75 bits per heavy atom. The molecule has 0 aliphatic heterocycles. The Hall–Kier alpha value is -2.40. The number of nitrogens with zero attached hydrogens (tertiary/aromatic N) is 2. The van der Waals surface area contributed by atoms with Crippen molar-refractivity contribution in [3.8, 4) is 6.07 Å². The number of rotatable bonds is 0. The molecule has 0 aliphatic rings. The molecule has 74 valence electrons. The summed E-state index contributed by atoms with van der Waals surface area (Å²) in [6.07, 6.45) is 1.77. The van der Waals surface area contributed by atoms with Crippen LogP contribution >= 0.6 is 0 Å². The first-order chi connectivity index (χ1) is 7.88. The normalized spacial score (nSPS) is 10.4. The number of pyridine rings is 1. The van der Waals surface area contributed by atoms with Gasteiger partial charge in [-0.2, -0.15) is 5.26 Å². The first kappa shape index (κ1) is 8.87. The highest BCUT2D eigenvalue weighted by Gasteiger charge is 2.02. The van der Waals surface area contributed by atoms with Crippen LogP contribution in [0.3, 0.4) is 0 Å². The van der Waals surface area contributed by atoms with Gasteiger partial charge in [-0.3, -0.25) is 4.98 Å². The van der Waals surface area contributed by atoms with Gasteiger partial charge in [0.25, 0.3) is 0 Å². The van der Waals surface area contributed by atoms with Gasteiger partial charge in [-0.05, 0) is 29.7 Å². The maximum absolute atomic E-state index is 9.04. The zero-order valence-corrected chi connectivity index (χ0v) is 8.51. The molecule has 1 heterocycles. The van der Waals surface area contributed by atoms with Crippen molar-refractivity contribution in [2.45, 2.75) is 0 Å². The van der Waals surface area contributed by atoms with Crippen molar-refractivity contribution in [2.24, 2.45) is 0 Å². The van der Waals surface area contributed by atoms with Crippen LogP contribution in [0.2, 0.25) is 0 Å². The topological polar surface area (TPSA) is 36.7 Å². The quantitative estimate of drug-likeness (QED) is 0.527. The molecule has 2 aromatic carbocycles. The van der Waals surface area contributed by atoms with Gasteiger partial charge in [0, 0.05) is 17.0 Å². The summed E-state index contributed by atoms with van der Waals surface area (Å²) in [5.74, 6) is 0. The molecule has 0 aliphatic carbocycles. The maximum Gasteiger partial charge on any atom is 0.0998 e. The van der Waals surface area contributed by atoms with Crippen molar-refractivity contribution in [1.29, 1.82) is 5.26 Å². The van der Waals surface area contributed by atoms with Crippen LogP contribution in [0.4, 0.5) is 0 Å². The minimum absolute atomic E-state index is 0.699. The third-order valence-corrected chi connectivity index (χ3v) is 2.72. The summed E-state index contributed by atoms with van der Waals surface area (Å²) in [5.41, 5.74) is 1.63. The number of hydrogen-bond donors (Lipinski definition) is 0. The van der Waals surface area contributed by atoms with Gasteiger partial charge in [-0.15, -0.1) is 0 Å². The van der Waals surface area contributed by atoms with E-state index in [0.717, 1.165) is 21.7 Å². The van der Waals surface area contributed by atoms with Crippen LogP contribution in [0.5, 0.6) is 0 Å². The Bertz CT molecular complexity index is 723. The van der Waals surface area contributed by atoms with Crippen molar-refractivity contribution in [2.75, 3.05) is 0 Å². The van der Waals surface area contributed by atoms with Gasteiger partial charge in [-0.1, -0.05) is 18.2 Å². The second-order valence-electron chi connectivity index (χ2n) is 3.69. The predicted octanol–water partition coefficient (Wildman–Crippen LogP) is 3.26. The number of hydrogen-bond acceptors (Lipinski definition) is 2. The molecule has 1 aromatic heterocycles. The molecule has 0 saturated carbocycles. The minimum atomic E-state index is 0.699. The fourth-order valence-electron chi connectivity index (χ4n) is 1.94. The van der Waals surface area contributed by atoms with E-state index in [0.29, 0.717) is 5.56 Å². The van der Waals surface area contributed by atoms with Crippen molar-refractivity contribution in [3.05, 3.63) is 54.2 Å². The highest BCUT2D eigenvalue weighted by molar-refractivity contribution is 5.98. The van der Waals surface area contributed by atoms with Crippen molar-refractivity contribution in [1.82, 2.24) is 4.98 Å². The van der Waals surface area contributed by atoms with Gasteiger partial charge in [0.1, 0.15) is 0 Å². The largest absolute Gasteiger partial charge is 0.256 e. The summed E-state index contributed by atoms with van der Waals surface area (Å²) < 4.78 is 0. The lowest BCUT2D eigenvalue weighted by atomic mass is 10.0. The monoisotopic (exact) mass is 204 g/mol. The Morgan fingerprint density at radius 1 is 1.00 bits per heavy atom. The van der Waals surface area contributed by atoms with Gasteiger partial charge >= 0.3 is 0 Å². The Morgan fingerprint density at radius 2 is 1.88 bits per heavy atom. The van der Waals surface area contributed by atoms with Gasteiger partial charge in [0.2, 0.25) is 0 Å². The average molecular weight is 204 g/mol. The summed E-state index contributed by atoms with van der Waals surface area (Å²) in [5, 5.41) is 12.2. The highest BCUT2D eigenvalue weighted by Crippen LogP contribution is 2.23. The summed E-state index contributed by atoms with van der Waals surface area (Å²) >= 11 is 0. The molecular weight excluding hydrogens is 196 g/mol. The average Bonchev–Trinajstić information content (AvgIpc) is 2.35. The first-order valence-corrected chi connectivity index (χ1v) is 5.06. The summed E-state index contributed by atoms with van der Waals surface area (Å²) in [7, 11) is 0. The zero-order valence-electron chi connectivity index (χ0n) is 8.51. The van der Waals surface area contributed by atoms with Crippen molar-refractivity contribution >= 4 is 21.7 Å². The molecule has 0 radical (unpaired) electrons.